The smallest absolute Gasteiger partial charge is 0.251 e. The molecule has 3 heterocycles. The van der Waals surface area contributed by atoms with E-state index in [1.54, 1.807) is 19.3 Å². The van der Waals surface area contributed by atoms with E-state index in [-0.39, 0.29) is 5.56 Å². The predicted molar refractivity (Wildman–Crippen MR) is 83.4 cm³/mol. The van der Waals surface area contributed by atoms with E-state index in [9.17, 15) is 4.79 Å². The highest BCUT2D eigenvalue weighted by atomic mass is 16.3. The normalized spacial score (nSPS) is 17.0. The summed E-state index contributed by atoms with van der Waals surface area (Å²) in [6.07, 6.45) is 3.92. The van der Waals surface area contributed by atoms with Gasteiger partial charge in [-0.25, -0.2) is 4.98 Å². The molecule has 22 heavy (non-hydrogen) atoms. The van der Waals surface area contributed by atoms with E-state index in [1.165, 1.54) is 0 Å². The molecule has 3 rings (SSSR count). The van der Waals surface area contributed by atoms with Gasteiger partial charge in [0.2, 0.25) is 0 Å². The van der Waals surface area contributed by atoms with Crippen LogP contribution in [0.15, 0.2) is 33.7 Å². The van der Waals surface area contributed by atoms with Crippen LogP contribution < -0.4 is 10.9 Å². The maximum atomic E-state index is 11.4. The Bertz CT molecular complexity index is 642. The summed E-state index contributed by atoms with van der Waals surface area (Å²) >= 11 is 0. The molecule has 0 aromatic carbocycles. The minimum absolute atomic E-state index is 0.0856. The molecule has 2 N–H and O–H groups in total. The molecule has 0 aliphatic carbocycles. The largest absolute Gasteiger partial charge is 0.468 e. The third kappa shape index (κ3) is 4.05. The number of hydrogen-bond acceptors (Lipinski definition) is 5. The number of piperidine rings is 1. The number of aryl methyl sites for hydroxylation is 1. The Morgan fingerprint density at radius 2 is 2.27 bits per heavy atom. The van der Waals surface area contributed by atoms with Gasteiger partial charge in [0, 0.05) is 31.7 Å². The SMILES string of the molecule is Cc1nc(CNC2CCN(Cc3ccco3)CC2)cc(=O)[nH]1. The van der Waals surface area contributed by atoms with Crippen LogP contribution in [0.2, 0.25) is 0 Å². The van der Waals surface area contributed by atoms with E-state index in [0.717, 1.165) is 43.9 Å². The highest BCUT2D eigenvalue weighted by Crippen LogP contribution is 2.14. The summed E-state index contributed by atoms with van der Waals surface area (Å²) in [5.74, 6) is 1.69. The first-order valence-electron chi connectivity index (χ1n) is 7.74. The molecule has 6 heteroatoms. The molecule has 1 aliphatic heterocycles. The first-order valence-corrected chi connectivity index (χ1v) is 7.74. The van der Waals surface area contributed by atoms with Crippen LogP contribution in [0.25, 0.3) is 0 Å². The topological polar surface area (TPSA) is 74.2 Å². The van der Waals surface area contributed by atoms with Gasteiger partial charge in [-0.05, 0) is 31.9 Å². The number of aromatic amines is 1. The molecule has 6 nitrogen and oxygen atoms in total. The third-order valence-corrected chi connectivity index (χ3v) is 4.03. The standard InChI is InChI=1S/C16H22N4O2/c1-12-18-14(9-16(21)19-12)10-17-13-4-6-20(7-5-13)11-15-3-2-8-22-15/h2-3,8-9,13,17H,4-7,10-11H2,1H3,(H,18,19,21). The molecule has 2 aromatic heterocycles. The van der Waals surface area contributed by atoms with Crippen molar-refractivity contribution in [3.8, 4) is 0 Å². The Kier molecular flexibility index (Phi) is 4.70. The van der Waals surface area contributed by atoms with Gasteiger partial charge in [-0.3, -0.25) is 9.69 Å². The molecule has 0 bridgehead atoms. The van der Waals surface area contributed by atoms with Gasteiger partial charge in [-0.15, -0.1) is 0 Å². The molecule has 1 fully saturated rings. The lowest BCUT2D eigenvalue weighted by atomic mass is 10.0. The lowest BCUT2D eigenvalue weighted by Crippen LogP contribution is -2.42. The maximum absolute atomic E-state index is 11.4. The van der Waals surface area contributed by atoms with E-state index in [1.807, 2.05) is 12.1 Å². The quantitative estimate of drug-likeness (QED) is 0.874. The van der Waals surface area contributed by atoms with Crippen LogP contribution >= 0.6 is 0 Å². The second-order valence-corrected chi connectivity index (χ2v) is 5.83. The minimum atomic E-state index is -0.0856. The van der Waals surface area contributed by atoms with Crippen molar-refractivity contribution in [3.63, 3.8) is 0 Å². The number of likely N-dealkylation sites (tertiary alicyclic amines) is 1. The molecule has 118 valence electrons. The van der Waals surface area contributed by atoms with Crippen LogP contribution in [0.4, 0.5) is 0 Å². The van der Waals surface area contributed by atoms with Gasteiger partial charge in [0.05, 0.1) is 18.5 Å². The van der Waals surface area contributed by atoms with Crippen molar-refractivity contribution >= 4 is 0 Å². The maximum Gasteiger partial charge on any atom is 0.251 e. The molecule has 2 aromatic rings. The van der Waals surface area contributed by atoms with E-state index >= 15 is 0 Å². The van der Waals surface area contributed by atoms with Gasteiger partial charge in [-0.2, -0.15) is 0 Å². The van der Waals surface area contributed by atoms with Crippen LogP contribution in [0, 0.1) is 6.92 Å². The number of H-pyrrole nitrogens is 1. The zero-order valence-corrected chi connectivity index (χ0v) is 12.8. The highest BCUT2D eigenvalue weighted by molar-refractivity contribution is 5.02. The molecule has 1 aliphatic rings. The van der Waals surface area contributed by atoms with Gasteiger partial charge >= 0.3 is 0 Å². The zero-order chi connectivity index (χ0) is 15.4. The fraction of sp³-hybridized carbons (Fsp3) is 0.500. The summed E-state index contributed by atoms with van der Waals surface area (Å²) in [4.78, 5) is 20.8. The zero-order valence-electron chi connectivity index (χ0n) is 12.8. The van der Waals surface area contributed by atoms with E-state index in [0.29, 0.717) is 18.4 Å². The van der Waals surface area contributed by atoms with Crippen LogP contribution in [0.3, 0.4) is 0 Å². The van der Waals surface area contributed by atoms with Crippen LogP contribution in [0.5, 0.6) is 0 Å². The summed E-state index contributed by atoms with van der Waals surface area (Å²) < 4.78 is 5.39. The molecule has 0 atom stereocenters. The Hall–Kier alpha value is -1.92. The van der Waals surface area contributed by atoms with Crippen molar-refractivity contribution in [2.24, 2.45) is 0 Å². The van der Waals surface area contributed by atoms with Crippen LogP contribution in [-0.2, 0) is 13.1 Å². The summed E-state index contributed by atoms with van der Waals surface area (Å²) in [5.41, 5.74) is 0.719. The van der Waals surface area contributed by atoms with Crippen LogP contribution in [-0.4, -0.2) is 34.0 Å². The number of rotatable bonds is 5. The molecule has 0 unspecified atom stereocenters. The number of aromatic nitrogens is 2. The van der Waals surface area contributed by atoms with Crippen molar-refractivity contribution in [1.29, 1.82) is 0 Å². The average molecular weight is 302 g/mol. The number of furan rings is 1. The summed E-state index contributed by atoms with van der Waals surface area (Å²) in [5, 5.41) is 3.51. The minimum Gasteiger partial charge on any atom is -0.468 e. The van der Waals surface area contributed by atoms with Gasteiger partial charge < -0.3 is 14.7 Å². The highest BCUT2D eigenvalue weighted by Gasteiger charge is 2.19. The predicted octanol–water partition coefficient (Wildman–Crippen LogP) is 1.43. The molecular formula is C16H22N4O2. The van der Waals surface area contributed by atoms with E-state index in [4.69, 9.17) is 4.42 Å². The third-order valence-electron chi connectivity index (χ3n) is 4.03. The summed E-state index contributed by atoms with van der Waals surface area (Å²) in [6, 6.07) is 5.99. The molecule has 1 saturated heterocycles. The number of nitrogens with one attached hydrogen (secondary N) is 2. The summed E-state index contributed by atoms with van der Waals surface area (Å²) in [7, 11) is 0. The first kappa shape index (κ1) is 15.0. The second kappa shape index (κ2) is 6.89. The van der Waals surface area contributed by atoms with Crippen molar-refractivity contribution in [1.82, 2.24) is 20.2 Å². The van der Waals surface area contributed by atoms with Crippen molar-refractivity contribution in [2.75, 3.05) is 13.1 Å². The molecule has 0 spiro atoms. The van der Waals surface area contributed by atoms with Crippen LogP contribution in [0.1, 0.15) is 30.1 Å². The van der Waals surface area contributed by atoms with E-state index in [2.05, 4.69) is 20.2 Å². The Balaban J connectivity index is 1.44. The molecule has 0 saturated carbocycles. The monoisotopic (exact) mass is 302 g/mol. The van der Waals surface area contributed by atoms with Crippen molar-refractivity contribution in [3.05, 3.63) is 52.1 Å². The van der Waals surface area contributed by atoms with Gasteiger partial charge in [0.25, 0.3) is 5.56 Å². The fourth-order valence-electron chi connectivity index (χ4n) is 2.90. The summed E-state index contributed by atoms with van der Waals surface area (Å²) in [6.45, 7) is 5.44. The number of hydrogen-bond donors (Lipinski definition) is 2. The van der Waals surface area contributed by atoms with Gasteiger partial charge in [0.15, 0.2) is 0 Å². The Morgan fingerprint density at radius 3 is 2.95 bits per heavy atom. The number of nitrogens with zero attached hydrogens (tertiary/aromatic N) is 2. The van der Waals surface area contributed by atoms with Gasteiger partial charge in [0.1, 0.15) is 11.6 Å². The molecule has 0 radical (unpaired) electrons. The Labute approximate surface area is 129 Å². The fourth-order valence-corrected chi connectivity index (χ4v) is 2.90. The Morgan fingerprint density at radius 1 is 1.45 bits per heavy atom. The van der Waals surface area contributed by atoms with Crippen molar-refractivity contribution < 1.29 is 4.42 Å². The lowest BCUT2D eigenvalue weighted by molar-refractivity contribution is 0.178. The first-order chi connectivity index (χ1) is 10.7. The second-order valence-electron chi connectivity index (χ2n) is 5.83. The van der Waals surface area contributed by atoms with Gasteiger partial charge in [-0.1, -0.05) is 0 Å². The molecule has 0 amide bonds. The average Bonchev–Trinajstić information content (AvgIpc) is 2.98. The van der Waals surface area contributed by atoms with Crippen molar-refractivity contribution in [2.45, 2.75) is 38.9 Å². The van der Waals surface area contributed by atoms with E-state index < -0.39 is 0 Å². The lowest BCUT2D eigenvalue weighted by Gasteiger charge is -2.31. The molecular weight excluding hydrogens is 280 g/mol.